The number of aliphatic hydroxyl groups is 2. The van der Waals surface area contributed by atoms with Crippen LogP contribution in [0.2, 0.25) is 5.02 Å². The molecule has 4 unspecified atom stereocenters. The number of alkyl carbamates (subject to hydrolysis) is 1. The van der Waals surface area contributed by atoms with Crippen molar-refractivity contribution < 1.29 is 80.5 Å². The van der Waals surface area contributed by atoms with Gasteiger partial charge in [0.05, 0.1) is 58.7 Å². The molecular formula is C63H69Cl2F4N7O13. The number of ketones is 1. The first-order valence-electron chi connectivity index (χ1n) is 26.7. The second kappa shape index (κ2) is 32.4. The summed E-state index contributed by atoms with van der Waals surface area (Å²) in [5.41, 5.74) is 19.8. The number of benzene rings is 5. The van der Waals surface area contributed by atoms with Gasteiger partial charge in [-0.05, 0) is 154 Å². The monoisotopic (exact) mass is 1280 g/mol. The van der Waals surface area contributed by atoms with Gasteiger partial charge in [-0.25, -0.2) is 37.1 Å². The lowest BCUT2D eigenvalue weighted by Crippen LogP contribution is -2.46. The van der Waals surface area contributed by atoms with Gasteiger partial charge in [-0.2, -0.15) is 0 Å². The number of aromatic nitrogens is 2. The third-order valence-electron chi connectivity index (χ3n) is 13.4. The second-order valence-corrected chi connectivity index (χ2v) is 21.2. The van der Waals surface area contributed by atoms with Crippen LogP contribution in [0.4, 0.5) is 22.4 Å². The minimum Gasteiger partial charge on any atom is -0.493 e. The maximum Gasteiger partial charge on any atom is 0.408 e. The molecule has 89 heavy (non-hydrogen) atoms. The number of hydrogen-bond donors (Lipinski definition) is 8. The Bertz CT molecular complexity index is 3590. The van der Waals surface area contributed by atoms with Gasteiger partial charge >= 0.3 is 12.1 Å². The Morgan fingerprint density at radius 2 is 1.16 bits per heavy atom. The van der Waals surface area contributed by atoms with Crippen molar-refractivity contribution in [3.8, 4) is 45.5 Å². The van der Waals surface area contributed by atoms with Crippen molar-refractivity contribution in [3.63, 3.8) is 0 Å². The molecule has 7 aromatic rings. The molecule has 476 valence electrons. The van der Waals surface area contributed by atoms with Crippen LogP contribution in [0.15, 0.2) is 133 Å². The number of ether oxygens (including phenoxy) is 5. The van der Waals surface area contributed by atoms with Crippen LogP contribution in [0.25, 0.3) is 22.5 Å². The summed E-state index contributed by atoms with van der Waals surface area (Å²) in [7, 11) is 2.77. The largest absolute Gasteiger partial charge is 0.493 e. The summed E-state index contributed by atoms with van der Waals surface area (Å²) in [6, 6.07) is 33.3. The van der Waals surface area contributed by atoms with E-state index in [1.807, 2.05) is 18.2 Å². The molecule has 0 aliphatic rings. The van der Waals surface area contributed by atoms with Gasteiger partial charge < -0.3 is 67.3 Å². The molecule has 0 saturated heterocycles. The standard InChI is InChI=1S/C28H31F2N3O5.C25H26ClF2N3O3.C10H11NO5.ClH/c1-27(32,16-29)19-13-21(17-4-7-20(30)8-5-17)33-25(14-19)28(2,36)11-10-22(34)18-6-9-23(24(12-18)37-3)38-15-26(31)35;1-24(14-27,31-23(32)34-13-16-6-4-3-5-7-16)18-11-21(17-8-9-20(28)19(26)10-17)30-22(12-18)25(2,33)15-29;1-15-8-4-6(10(13)14)2-3-7(8)16-5-9(11)12;/h4-9,12-14,36H,10-11,15-16,32H2,1-3H3,(H2,31,35);3-12,33H,13-15,29H2,1-2H3,(H,31,32);2-4H,5H2,1H3,(H2,11,12)(H,13,14);1H. The van der Waals surface area contributed by atoms with Crippen LogP contribution < -0.4 is 47.2 Å². The summed E-state index contributed by atoms with van der Waals surface area (Å²) in [5, 5.41) is 33.3. The SMILES string of the molecule is CC(O)(CN)c1cc(C(C)(CF)NC(=O)OCc2ccccc2)cc(-c2ccc(F)c(Cl)c2)n1.COc1cc(C(=O)CCC(C)(O)c2cc(C(C)(N)CF)cc(-c3ccc(F)cc3)n2)ccc1OCC(N)=O.COc1cc(C(=O)O)ccc1OCC(N)=O.Cl. The quantitative estimate of drug-likeness (QED) is 0.0195. The molecule has 12 N–H and O–H groups in total. The number of pyridine rings is 2. The number of nitrogens with one attached hydrogen (secondary N) is 1. The first-order chi connectivity index (χ1) is 41.5. The van der Waals surface area contributed by atoms with Crippen molar-refractivity contribution in [1.29, 1.82) is 0 Å². The predicted octanol–water partition coefficient (Wildman–Crippen LogP) is 9.27. The summed E-state index contributed by atoms with van der Waals surface area (Å²) >= 11 is 5.93. The number of carboxylic acids is 1. The minimum absolute atomic E-state index is 0. The molecule has 0 aliphatic carbocycles. The number of amides is 3. The van der Waals surface area contributed by atoms with Gasteiger partial charge in [0.25, 0.3) is 11.8 Å². The molecule has 3 amide bonds. The van der Waals surface area contributed by atoms with Crippen LogP contribution in [0.3, 0.4) is 0 Å². The van der Waals surface area contributed by atoms with Crippen molar-refractivity contribution in [1.82, 2.24) is 15.3 Å². The zero-order valence-corrected chi connectivity index (χ0v) is 50.9. The van der Waals surface area contributed by atoms with Crippen LogP contribution in [-0.2, 0) is 43.2 Å². The Morgan fingerprint density at radius 3 is 1.67 bits per heavy atom. The summed E-state index contributed by atoms with van der Waals surface area (Å²) in [4.78, 5) is 66.6. The Morgan fingerprint density at radius 1 is 0.640 bits per heavy atom. The molecule has 26 heteroatoms. The topological polar surface area (TPSA) is 334 Å². The fourth-order valence-electron chi connectivity index (χ4n) is 7.99. The highest BCUT2D eigenvalue weighted by atomic mass is 35.5. The third-order valence-corrected chi connectivity index (χ3v) is 13.7. The minimum atomic E-state index is -1.58. The molecule has 0 bridgehead atoms. The average Bonchev–Trinajstić information content (AvgIpc) is 2.93. The number of carbonyl (C=O) groups excluding carboxylic acids is 4. The maximum atomic E-state index is 14.4. The molecule has 2 heterocycles. The Kier molecular flexibility index (Phi) is 26.4. The lowest BCUT2D eigenvalue weighted by atomic mass is 9.87. The van der Waals surface area contributed by atoms with E-state index in [-0.39, 0.29) is 102 Å². The van der Waals surface area contributed by atoms with Crippen LogP contribution in [0.5, 0.6) is 23.0 Å². The number of rotatable bonds is 25. The molecule has 7 rings (SSSR count). The van der Waals surface area contributed by atoms with E-state index >= 15 is 0 Å². The van der Waals surface area contributed by atoms with Crippen molar-refractivity contribution >= 4 is 53.7 Å². The fourth-order valence-corrected chi connectivity index (χ4v) is 8.17. The lowest BCUT2D eigenvalue weighted by molar-refractivity contribution is -0.120. The number of nitrogens with zero attached hydrogens (tertiary/aromatic N) is 2. The van der Waals surface area contributed by atoms with Gasteiger partial charge in [0, 0.05) is 29.7 Å². The third kappa shape index (κ3) is 20.6. The molecular weight excluding hydrogens is 1210 g/mol. The number of primary amides is 2. The van der Waals surface area contributed by atoms with Crippen LogP contribution in [0.1, 0.15) is 89.3 Å². The van der Waals surface area contributed by atoms with Gasteiger partial charge in [0.1, 0.15) is 42.8 Å². The Labute approximate surface area is 521 Å². The van der Waals surface area contributed by atoms with E-state index in [9.17, 15) is 51.7 Å². The lowest BCUT2D eigenvalue weighted by Gasteiger charge is -2.30. The molecule has 4 atom stereocenters. The van der Waals surface area contributed by atoms with E-state index in [1.165, 1.54) is 139 Å². The first-order valence-corrected chi connectivity index (χ1v) is 27.1. The molecule has 20 nitrogen and oxygen atoms in total. The van der Waals surface area contributed by atoms with E-state index in [2.05, 4.69) is 15.3 Å². The van der Waals surface area contributed by atoms with Crippen molar-refractivity contribution in [3.05, 3.63) is 189 Å². The summed E-state index contributed by atoms with van der Waals surface area (Å²) in [5.74, 6) is -2.66. The molecule has 0 spiro atoms. The number of carboxylic acid groups (broad SMARTS) is 1. The zero-order chi connectivity index (χ0) is 65.1. The van der Waals surface area contributed by atoms with Gasteiger partial charge in [-0.15, -0.1) is 12.4 Å². The number of nitrogens with two attached hydrogens (primary N) is 4. The van der Waals surface area contributed by atoms with Crippen molar-refractivity contribution in [2.45, 2.75) is 69.4 Å². The highest BCUT2D eigenvalue weighted by Crippen LogP contribution is 2.36. The van der Waals surface area contributed by atoms with Crippen molar-refractivity contribution in [2.24, 2.45) is 22.9 Å². The van der Waals surface area contributed by atoms with Crippen LogP contribution in [0, 0.1) is 11.6 Å². The molecule has 0 aliphatic heterocycles. The number of methoxy groups -OCH3 is 2. The van der Waals surface area contributed by atoms with E-state index < -0.39 is 71.1 Å². The smallest absolute Gasteiger partial charge is 0.408 e. The van der Waals surface area contributed by atoms with E-state index in [0.29, 0.717) is 39.2 Å². The number of alkyl halides is 2. The number of carbonyl (C=O) groups is 5. The normalized spacial score (nSPS) is 13.4. The zero-order valence-electron chi connectivity index (χ0n) is 49.3. The molecule has 0 fully saturated rings. The molecule has 0 radical (unpaired) electrons. The highest BCUT2D eigenvalue weighted by molar-refractivity contribution is 6.31. The highest BCUT2D eigenvalue weighted by Gasteiger charge is 2.34. The van der Waals surface area contributed by atoms with E-state index in [1.54, 1.807) is 18.2 Å². The predicted molar refractivity (Wildman–Crippen MR) is 326 cm³/mol. The number of aromatic carboxylic acids is 1. The molecule has 2 aromatic heterocycles. The van der Waals surface area contributed by atoms with Crippen molar-refractivity contribution in [2.75, 3.05) is 47.3 Å². The molecule has 5 aromatic carbocycles. The second-order valence-electron chi connectivity index (χ2n) is 20.8. The Balaban J connectivity index is 0.000000305. The number of hydrogen-bond acceptors (Lipinski definition) is 16. The summed E-state index contributed by atoms with van der Waals surface area (Å²) in [6.45, 7) is 3.35. The van der Waals surface area contributed by atoms with Gasteiger partial charge in [0.2, 0.25) is 0 Å². The Hall–Kier alpha value is -8.91. The van der Waals surface area contributed by atoms with Gasteiger partial charge in [-0.1, -0.05) is 41.9 Å². The number of Topliss-reactive ketones (excluding diaryl/α,β-unsaturated/α-hetero) is 1. The summed E-state index contributed by atoms with van der Waals surface area (Å²) < 4.78 is 81.0. The molecule has 0 saturated carbocycles. The van der Waals surface area contributed by atoms with E-state index in [0.717, 1.165) is 5.56 Å². The first kappa shape index (κ1) is 72.6. The maximum absolute atomic E-state index is 14.4. The fraction of sp³-hybridized carbons (Fsp3) is 0.286. The van der Waals surface area contributed by atoms with E-state index in [4.69, 9.17) is 63.3 Å². The average molecular weight is 1280 g/mol. The van der Waals surface area contributed by atoms with Gasteiger partial charge in [-0.3, -0.25) is 14.4 Å². The van der Waals surface area contributed by atoms with Gasteiger partial charge in [0.15, 0.2) is 42.0 Å². The number of halogens is 6. The summed E-state index contributed by atoms with van der Waals surface area (Å²) in [6.07, 6.45) is -0.887. The van der Waals surface area contributed by atoms with Crippen LogP contribution >= 0.6 is 24.0 Å². The van der Waals surface area contributed by atoms with Crippen LogP contribution in [-0.4, -0.2) is 102 Å².